The maximum absolute atomic E-state index is 12.9. The molecular formula is C19H17N7O3. The summed E-state index contributed by atoms with van der Waals surface area (Å²) in [4.78, 5) is 38.6. The SMILES string of the molecule is CC1(c2ccccc2)NC(=O)N(CC(=O)Nc2cccc(-c3nn[nH]n3)c2)C1=O. The van der Waals surface area contributed by atoms with Gasteiger partial charge in [-0.05, 0) is 29.8 Å². The largest absolute Gasteiger partial charge is 0.325 e. The number of aromatic amines is 1. The van der Waals surface area contributed by atoms with E-state index in [9.17, 15) is 14.4 Å². The molecule has 0 bridgehead atoms. The Kier molecular flexibility index (Phi) is 4.51. The second-order valence-corrected chi connectivity index (χ2v) is 6.68. The Labute approximate surface area is 165 Å². The second-order valence-electron chi connectivity index (χ2n) is 6.68. The zero-order valence-electron chi connectivity index (χ0n) is 15.4. The second kappa shape index (κ2) is 7.15. The summed E-state index contributed by atoms with van der Waals surface area (Å²) in [6, 6.07) is 15.1. The minimum atomic E-state index is -1.21. The van der Waals surface area contributed by atoms with E-state index in [0.29, 0.717) is 22.6 Å². The Morgan fingerprint density at radius 2 is 1.93 bits per heavy atom. The third-order valence-electron chi connectivity index (χ3n) is 4.68. The van der Waals surface area contributed by atoms with Crippen LogP contribution in [0.4, 0.5) is 10.5 Å². The average molecular weight is 391 g/mol. The summed E-state index contributed by atoms with van der Waals surface area (Å²) in [5.74, 6) is -0.603. The summed E-state index contributed by atoms with van der Waals surface area (Å²) in [5, 5.41) is 19.0. The van der Waals surface area contributed by atoms with E-state index in [1.165, 1.54) is 0 Å². The number of nitrogens with one attached hydrogen (secondary N) is 3. The van der Waals surface area contributed by atoms with Gasteiger partial charge in [-0.1, -0.05) is 42.5 Å². The smallest absolute Gasteiger partial charge is 0.325 e. The molecule has 1 atom stereocenters. The van der Waals surface area contributed by atoms with Crippen molar-refractivity contribution < 1.29 is 14.4 Å². The number of H-pyrrole nitrogens is 1. The molecule has 1 fully saturated rings. The van der Waals surface area contributed by atoms with Gasteiger partial charge in [-0.15, -0.1) is 10.2 Å². The van der Waals surface area contributed by atoms with Crippen molar-refractivity contribution in [2.45, 2.75) is 12.5 Å². The van der Waals surface area contributed by atoms with Gasteiger partial charge in [0.05, 0.1) is 0 Å². The summed E-state index contributed by atoms with van der Waals surface area (Å²) in [6.07, 6.45) is 0. The molecule has 10 nitrogen and oxygen atoms in total. The van der Waals surface area contributed by atoms with Gasteiger partial charge >= 0.3 is 6.03 Å². The lowest BCUT2D eigenvalue weighted by atomic mass is 9.92. The number of amides is 4. The topological polar surface area (TPSA) is 133 Å². The molecule has 1 aliphatic rings. The van der Waals surface area contributed by atoms with Crippen molar-refractivity contribution in [1.82, 2.24) is 30.8 Å². The third-order valence-corrected chi connectivity index (χ3v) is 4.68. The van der Waals surface area contributed by atoms with Crippen LogP contribution in [0, 0.1) is 0 Å². The Bertz CT molecular complexity index is 1070. The molecule has 2 aromatic carbocycles. The Balaban J connectivity index is 1.47. The molecule has 4 amide bonds. The van der Waals surface area contributed by atoms with Gasteiger partial charge < -0.3 is 10.6 Å². The standard InChI is InChI=1S/C19H17N7O3/c1-19(13-7-3-2-4-8-13)17(28)26(18(29)21-19)11-15(27)20-14-9-5-6-12(10-14)16-22-24-25-23-16/h2-10H,11H2,1H3,(H,20,27)(H,21,29)(H,22,23,24,25). The van der Waals surface area contributed by atoms with Crippen LogP contribution in [0.25, 0.3) is 11.4 Å². The van der Waals surface area contributed by atoms with Crippen LogP contribution in [0.5, 0.6) is 0 Å². The van der Waals surface area contributed by atoms with Crippen molar-refractivity contribution in [1.29, 1.82) is 0 Å². The Morgan fingerprint density at radius 3 is 2.66 bits per heavy atom. The molecule has 2 heterocycles. The van der Waals surface area contributed by atoms with Crippen molar-refractivity contribution in [2.75, 3.05) is 11.9 Å². The number of hydrogen-bond acceptors (Lipinski definition) is 6. The van der Waals surface area contributed by atoms with Gasteiger partial charge in [-0.25, -0.2) is 4.79 Å². The minimum Gasteiger partial charge on any atom is -0.325 e. The lowest BCUT2D eigenvalue weighted by Gasteiger charge is -2.22. The molecular weight excluding hydrogens is 374 g/mol. The predicted octanol–water partition coefficient (Wildman–Crippen LogP) is 1.27. The molecule has 1 aromatic heterocycles. The maximum atomic E-state index is 12.9. The van der Waals surface area contributed by atoms with Crippen LogP contribution in [-0.4, -0.2) is 49.9 Å². The predicted molar refractivity (Wildman–Crippen MR) is 102 cm³/mol. The normalized spacial score (nSPS) is 18.6. The van der Waals surface area contributed by atoms with E-state index in [1.54, 1.807) is 55.5 Å². The Morgan fingerprint density at radius 1 is 1.14 bits per heavy atom. The first-order valence-electron chi connectivity index (χ1n) is 8.81. The monoisotopic (exact) mass is 391 g/mol. The number of anilines is 1. The lowest BCUT2D eigenvalue weighted by molar-refractivity contribution is -0.133. The van der Waals surface area contributed by atoms with Crippen LogP contribution >= 0.6 is 0 Å². The fourth-order valence-corrected chi connectivity index (χ4v) is 3.17. The molecule has 0 saturated carbocycles. The zero-order valence-corrected chi connectivity index (χ0v) is 15.4. The van der Waals surface area contributed by atoms with Gasteiger partial charge in [-0.2, -0.15) is 5.21 Å². The fourth-order valence-electron chi connectivity index (χ4n) is 3.17. The van der Waals surface area contributed by atoms with Crippen LogP contribution < -0.4 is 10.6 Å². The molecule has 0 aliphatic carbocycles. The van der Waals surface area contributed by atoms with E-state index in [-0.39, 0.29) is 0 Å². The molecule has 29 heavy (non-hydrogen) atoms. The van der Waals surface area contributed by atoms with Crippen LogP contribution in [-0.2, 0) is 15.1 Å². The number of imide groups is 1. The van der Waals surface area contributed by atoms with Gasteiger partial charge in [0.1, 0.15) is 12.1 Å². The maximum Gasteiger partial charge on any atom is 0.325 e. The van der Waals surface area contributed by atoms with Gasteiger partial charge in [0.25, 0.3) is 5.91 Å². The number of carbonyl (C=O) groups is 3. The number of rotatable bonds is 5. The number of urea groups is 1. The quantitative estimate of drug-likeness (QED) is 0.561. The summed E-state index contributed by atoms with van der Waals surface area (Å²) >= 11 is 0. The molecule has 1 aliphatic heterocycles. The van der Waals surface area contributed by atoms with Crippen LogP contribution in [0.3, 0.4) is 0 Å². The van der Waals surface area contributed by atoms with E-state index < -0.39 is 29.9 Å². The first-order chi connectivity index (χ1) is 14.0. The van der Waals surface area contributed by atoms with Gasteiger partial charge in [0, 0.05) is 11.3 Å². The van der Waals surface area contributed by atoms with Crippen molar-refractivity contribution in [3.05, 3.63) is 60.2 Å². The third kappa shape index (κ3) is 3.43. The molecule has 3 N–H and O–H groups in total. The molecule has 0 radical (unpaired) electrons. The van der Waals surface area contributed by atoms with Gasteiger partial charge in [0.2, 0.25) is 11.7 Å². The minimum absolute atomic E-state index is 0.383. The van der Waals surface area contributed by atoms with Crippen LogP contribution in [0.15, 0.2) is 54.6 Å². The lowest BCUT2D eigenvalue weighted by Crippen LogP contribution is -2.42. The highest BCUT2D eigenvalue weighted by atomic mass is 16.2. The number of carbonyl (C=O) groups excluding carboxylic acids is 3. The zero-order chi connectivity index (χ0) is 20.4. The highest BCUT2D eigenvalue weighted by Crippen LogP contribution is 2.28. The number of benzene rings is 2. The van der Waals surface area contributed by atoms with Crippen LogP contribution in [0.2, 0.25) is 0 Å². The number of tetrazole rings is 1. The number of aromatic nitrogens is 4. The van der Waals surface area contributed by atoms with E-state index in [1.807, 2.05) is 6.07 Å². The van der Waals surface area contributed by atoms with Crippen molar-refractivity contribution >= 4 is 23.5 Å². The molecule has 1 saturated heterocycles. The summed E-state index contributed by atoms with van der Waals surface area (Å²) < 4.78 is 0. The summed E-state index contributed by atoms with van der Waals surface area (Å²) in [6.45, 7) is 1.22. The molecule has 146 valence electrons. The van der Waals surface area contributed by atoms with Gasteiger partial charge in [-0.3, -0.25) is 14.5 Å². The van der Waals surface area contributed by atoms with E-state index in [2.05, 4.69) is 31.3 Å². The molecule has 0 spiro atoms. The van der Waals surface area contributed by atoms with Crippen molar-refractivity contribution in [3.63, 3.8) is 0 Å². The Hall–Kier alpha value is -4.08. The van der Waals surface area contributed by atoms with Crippen molar-refractivity contribution in [3.8, 4) is 11.4 Å². The average Bonchev–Trinajstić information content (AvgIpc) is 3.33. The number of hydrogen-bond donors (Lipinski definition) is 3. The van der Waals surface area contributed by atoms with E-state index in [0.717, 1.165) is 4.90 Å². The van der Waals surface area contributed by atoms with Crippen molar-refractivity contribution in [2.24, 2.45) is 0 Å². The molecule has 10 heteroatoms. The van der Waals surface area contributed by atoms with Crippen LogP contribution in [0.1, 0.15) is 12.5 Å². The first kappa shape index (κ1) is 18.3. The van der Waals surface area contributed by atoms with Gasteiger partial charge in [0.15, 0.2) is 0 Å². The summed E-state index contributed by atoms with van der Waals surface area (Å²) in [7, 11) is 0. The van der Waals surface area contributed by atoms with E-state index >= 15 is 0 Å². The fraction of sp³-hybridized carbons (Fsp3) is 0.158. The molecule has 1 unspecified atom stereocenters. The van der Waals surface area contributed by atoms with E-state index in [4.69, 9.17) is 0 Å². The molecule has 3 aromatic rings. The summed E-state index contributed by atoms with van der Waals surface area (Å²) in [5.41, 5.74) is 0.574. The molecule has 4 rings (SSSR count). The highest BCUT2D eigenvalue weighted by molar-refractivity contribution is 6.10. The first-order valence-corrected chi connectivity index (χ1v) is 8.81. The highest BCUT2D eigenvalue weighted by Gasteiger charge is 2.49. The number of nitrogens with zero attached hydrogens (tertiary/aromatic N) is 4.